The van der Waals surface area contributed by atoms with Crippen molar-refractivity contribution in [2.24, 2.45) is 0 Å². The number of para-hydroxylation sites is 1. The lowest BCUT2D eigenvalue weighted by Crippen LogP contribution is -2.61. The molecule has 0 radical (unpaired) electrons. The maximum Gasteiger partial charge on any atom is 0.343 e. The summed E-state index contributed by atoms with van der Waals surface area (Å²) in [5.41, 5.74) is 22.0. The second kappa shape index (κ2) is 13.6. The predicted molar refractivity (Wildman–Crippen MR) is 283 cm³/mol. The third kappa shape index (κ3) is 5.56. The van der Waals surface area contributed by atoms with E-state index in [4.69, 9.17) is 4.42 Å². The molecule has 66 heavy (non-hydrogen) atoms. The number of furan rings is 1. The van der Waals surface area contributed by atoms with Gasteiger partial charge >= 0.3 is 6.85 Å². The average molecular weight is 871 g/mol. The third-order valence-corrected chi connectivity index (χ3v) is 16.1. The van der Waals surface area contributed by atoms with Crippen LogP contribution < -0.4 is 20.0 Å². The minimum atomic E-state index is -0.285. The molecule has 5 heteroatoms. The lowest BCUT2D eigenvalue weighted by atomic mass is 9.46. The van der Waals surface area contributed by atoms with Gasteiger partial charge < -0.3 is 14.1 Å². The maximum absolute atomic E-state index is 6.76. The Balaban J connectivity index is 1.21. The highest BCUT2D eigenvalue weighted by Crippen LogP contribution is 2.59. The highest BCUT2D eigenvalue weighted by Gasteiger charge is 2.51. The number of anilines is 5. The molecule has 10 aromatic rings. The van der Waals surface area contributed by atoms with E-state index in [1.54, 1.807) is 0 Å². The minimum Gasteiger partial charge on any atom is -0.456 e. The van der Waals surface area contributed by atoms with E-state index < -0.39 is 0 Å². The summed E-state index contributed by atoms with van der Waals surface area (Å²) in [5.74, 6) is 0. The molecule has 4 heterocycles. The van der Waals surface area contributed by atoms with Crippen LogP contribution in [0.5, 0.6) is 0 Å². The maximum atomic E-state index is 6.76. The fourth-order valence-electron chi connectivity index (χ4n) is 11.6. The molecule has 0 atom stereocenters. The molecule has 2 aliphatic heterocycles. The SMILES string of the molecule is CC(C)(C)c1ccc(N2B3c4sc5ccc(-c6ccccc6)cc5c4N(c4ccc(C(C)(C)C)cc4)c4c3c(cc3c4C(C)(C)c4ccccc4-3)-c3cc4c(cc32)oc2ccccc24)cc1. The summed E-state index contributed by atoms with van der Waals surface area (Å²) in [5, 5.41) is 3.56. The van der Waals surface area contributed by atoms with E-state index in [0.29, 0.717) is 0 Å². The molecule has 0 fully saturated rings. The molecule has 8 aromatic carbocycles. The van der Waals surface area contributed by atoms with Gasteiger partial charge in [-0.1, -0.05) is 159 Å². The van der Waals surface area contributed by atoms with Crippen LogP contribution in [0.4, 0.5) is 28.4 Å². The summed E-state index contributed by atoms with van der Waals surface area (Å²) >= 11 is 1.95. The summed E-state index contributed by atoms with van der Waals surface area (Å²) < 4.78 is 9.38. The Labute approximate surface area is 392 Å². The molecular formula is C61H51BN2OS. The number of benzene rings is 8. The number of hydrogen-bond acceptors (Lipinski definition) is 4. The first-order valence-electron chi connectivity index (χ1n) is 23.4. The topological polar surface area (TPSA) is 19.6 Å². The first-order valence-corrected chi connectivity index (χ1v) is 24.3. The standard InChI is InChI=1S/C61H51BN2OS/c1-59(2,3)38-23-27-40(28-24-38)63-56-48-32-37(36-16-10-9-11-17-36)22-31-53(48)66-58(56)62-55-47(34-46-42-18-12-14-20-49(42)61(7,8)54(46)57(55)63)44-33-45-43-19-13-15-21-51(43)65-52(45)35-50(44)64(62)41-29-25-39(26-30-41)60(4,5)6/h9-35H,1-8H3. The van der Waals surface area contributed by atoms with Gasteiger partial charge in [0.1, 0.15) is 11.2 Å². The van der Waals surface area contributed by atoms with Gasteiger partial charge in [-0.3, -0.25) is 0 Å². The van der Waals surface area contributed by atoms with Crippen molar-refractivity contribution in [2.75, 3.05) is 9.71 Å². The highest BCUT2D eigenvalue weighted by molar-refractivity contribution is 7.32. The summed E-state index contributed by atoms with van der Waals surface area (Å²) in [6.45, 7) is 18.6. The fraction of sp³-hybridized carbons (Fsp3) is 0.180. The Hall–Kier alpha value is -6.82. The number of nitrogens with zero attached hydrogens (tertiary/aromatic N) is 2. The molecule has 0 unspecified atom stereocenters. The van der Waals surface area contributed by atoms with Crippen LogP contribution in [0.2, 0.25) is 0 Å². The number of hydrogen-bond donors (Lipinski definition) is 0. The zero-order chi connectivity index (χ0) is 45.0. The minimum absolute atomic E-state index is 0.0164. The molecular weight excluding hydrogens is 820 g/mol. The Kier molecular flexibility index (Phi) is 8.16. The molecule has 320 valence electrons. The van der Waals surface area contributed by atoms with Gasteiger partial charge in [-0.05, 0) is 121 Å². The van der Waals surface area contributed by atoms with Crippen LogP contribution in [-0.2, 0) is 16.2 Å². The molecule has 0 amide bonds. The van der Waals surface area contributed by atoms with Gasteiger partial charge in [0, 0.05) is 65.4 Å². The molecule has 0 saturated heterocycles. The average Bonchev–Trinajstić information content (AvgIpc) is 3.95. The van der Waals surface area contributed by atoms with Crippen molar-refractivity contribution in [1.82, 2.24) is 0 Å². The Bertz CT molecular complexity index is 3640. The zero-order valence-electron chi connectivity index (χ0n) is 38.9. The Morgan fingerprint density at radius 3 is 1.91 bits per heavy atom. The van der Waals surface area contributed by atoms with Gasteiger partial charge in [0.05, 0.1) is 5.69 Å². The zero-order valence-corrected chi connectivity index (χ0v) is 39.7. The van der Waals surface area contributed by atoms with Crippen molar-refractivity contribution in [1.29, 1.82) is 0 Å². The van der Waals surface area contributed by atoms with Crippen molar-refractivity contribution in [2.45, 2.75) is 71.6 Å². The molecule has 3 nitrogen and oxygen atoms in total. The quantitative estimate of drug-likeness (QED) is 0.165. The van der Waals surface area contributed by atoms with E-state index in [2.05, 4.69) is 229 Å². The van der Waals surface area contributed by atoms with Gasteiger partial charge in [-0.2, -0.15) is 0 Å². The van der Waals surface area contributed by atoms with E-state index in [9.17, 15) is 0 Å². The van der Waals surface area contributed by atoms with Gasteiger partial charge in [0.2, 0.25) is 0 Å². The van der Waals surface area contributed by atoms with Gasteiger partial charge in [-0.15, -0.1) is 11.3 Å². The molecule has 0 spiro atoms. The van der Waals surface area contributed by atoms with Crippen molar-refractivity contribution in [3.63, 3.8) is 0 Å². The molecule has 0 bridgehead atoms. The molecule has 0 N–H and O–H groups in total. The van der Waals surface area contributed by atoms with Crippen LogP contribution in [0.1, 0.15) is 77.6 Å². The molecule has 2 aromatic heterocycles. The van der Waals surface area contributed by atoms with Gasteiger partial charge in [0.25, 0.3) is 0 Å². The summed E-state index contributed by atoms with van der Waals surface area (Å²) in [7, 11) is 0. The third-order valence-electron chi connectivity index (χ3n) is 14.9. The summed E-state index contributed by atoms with van der Waals surface area (Å²) in [6, 6.07) is 61.9. The van der Waals surface area contributed by atoms with Crippen LogP contribution in [0, 0.1) is 0 Å². The molecule has 1 aliphatic carbocycles. The van der Waals surface area contributed by atoms with E-state index in [-0.39, 0.29) is 23.1 Å². The van der Waals surface area contributed by atoms with Crippen LogP contribution in [0.25, 0.3) is 65.4 Å². The Morgan fingerprint density at radius 1 is 0.515 bits per heavy atom. The van der Waals surface area contributed by atoms with E-state index in [0.717, 1.165) is 27.6 Å². The van der Waals surface area contributed by atoms with Crippen LogP contribution in [0.15, 0.2) is 168 Å². The first-order chi connectivity index (χ1) is 31.8. The smallest absolute Gasteiger partial charge is 0.343 e. The summed E-state index contributed by atoms with van der Waals surface area (Å²) in [4.78, 5) is 5.35. The van der Waals surface area contributed by atoms with E-state index in [1.807, 2.05) is 11.3 Å². The second-order valence-corrected chi connectivity index (χ2v) is 22.4. The number of rotatable bonds is 3. The van der Waals surface area contributed by atoms with E-state index in [1.165, 1.54) is 98.7 Å². The molecule has 13 rings (SSSR count). The normalized spacial score (nSPS) is 14.7. The van der Waals surface area contributed by atoms with Crippen molar-refractivity contribution in [3.8, 4) is 33.4 Å². The predicted octanol–water partition coefficient (Wildman–Crippen LogP) is 16.1. The highest BCUT2D eigenvalue weighted by atomic mass is 32.1. The number of thiophene rings is 1. The van der Waals surface area contributed by atoms with Crippen LogP contribution in [0.3, 0.4) is 0 Å². The molecule has 3 aliphatic rings. The molecule has 0 saturated carbocycles. The second-order valence-electron chi connectivity index (χ2n) is 21.3. The van der Waals surface area contributed by atoms with Crippen molar-refractivity contribution in [3.05, 3.63) is 186 Å². The number of fused-ring (bicyclic) bond motifs is 13. The van der Waals surface area contributed by atoms with Crippen molar-refractivity contribution >= 4 is 88.9 Å². The van der Waals surface area contributed by atoms with Gasteiger partial charge in [0.15, 0.2) is 0 Å². The Morgan fingerprint density at radius 2 is 1.18 bits per heavy atom. The lowest BCUT2D eigenvalue weighted by Gasteiger charge is -2.46. The van der Waals surface area contributed by atoms with Crippen LogP contribution >= 0.6 is 11.3 Å². The monoisotopic (exact) mass is 870 g/mol. The van der Waals surface area contributed by atoms with Crippen LogP contribution in [-0.4, -0.2) is 6.85 Å². The largest absolute Gasteiger partial charge is 0.456 e. The lowest BCUT2D eigenvalue weighted by molar-refractivity contribution is 0.590. The van der Waals surface area contributed by atoms with E-state index >= 15 is 0 Å². The first kappa shape index (κ1) is 39.5. The van der Waals surface area contributed by atoms with Crippen molar-refractivity contribution < 1.29 is 4.42 Å². The fourth-order valence-corrected chi connectivity index (χ4v) is 12.8. The summed E-state index contributed by atoms with van der Waals surface area (Å²) in [6.07, 6.45) is 0. The van der Waals surface area contributed by atoms with Gasteiger partial charge in [-0.25, -0.2) is 0 Å².